The smallest absolute Gasteiger partial charge is 0.123 e. The molecule has 0 aliphatic carbocycles. The van der Waals surface area contributed by atoms with E-state index >= 15 is 0 Å². The van der Waals surface area contributed by atoms with E-state index in [1.165, 1.54) is 17.7 Å². The Labute approximate surface area is 130 Å². The van der Waals surface area contributed by atoms with E-state index in [0.29, 0.717) is 6.04 Å². The molecular formula is C19H21F2N. The van der Waals surface area contributed by atoms with Gasteiger partial charge in [0, 0.05) is 12.6 Å². The molecule has 1 aliphatic heterocycles. The van der Waals surface area contributed by atoms with Gasteiger partial charge in [0.05, 0.1) is 0 Å². The molecule has 0 radical (unpaired) electrons. The Bertz CT molecular complexity index is 636. The summed E-state index contributed by atoms with van der Waals surface area (Å²) in [4.78, 5) is 2.46. The van der Waals surface area contributed by atoms with Gasteiger partial charge < -0.3 is 0 Å². The molecular weight excluding hydrogens is 280 g/mol. The molecule has 0 saturated carbocycles. The van der Waals surface area contributed by atoms with Crippen LogP contribution >= 0.6 is 0 Å². The Morgan fingerprint density at radius 1 is 1.00 bits per heavy atom. The first-order chi connectivity index (χ1) is 10.7. The lowest BCUT2D eigenvalue weighted by atomic mass is 9.90. The standard InChI is InChI=1S/C19H21F2N/c1-2-9-22-13-15-5-8-18(21)11-16(15)12-19(22)10-14-3-6-17(20)7-4-14/h3-8,11,19H,2,9-10,12-13H2,1H3. The van der Waals surface area contributed by atoms with Crippen LogP contribution in [-0.4, -0.2) is 17.5 Å². The quantitative estimate of drug-likeness (QED) is 0.812. The van der Waals surface area contributed by atoms with E-state index in [0.717, 1.165) is 43.5 Å². The summed E-state index contributed by atoms with van der Waals surface area (Å²) in [6.07, 6.45) is 2.82. The largest absolute Gasteiger partial charge is 0.295 e. The molecule has 0 saturated heterocycles. The van der Waals surface area contributed by atoms with Crippen LogP contribution in [0, 0.1) is 11.6 Å². The summed E-state index contributed by atoms with van der Waals surface area (Å²) >= 11 is 0. The molecule has 0 amide bonds. The van der Waals surface area contributed by atoms with Crippen molar-refractivity contribution in [2.24, 2.45) is 0 Å². The molecule has 1 atom stereocenters. The number of fused-ring (bicyclic) bond motifs is 1. The van der Waals surface area contributed by atoms with Crippen LogP contribution in [0.4, 0.5) is 8.78 Å². The number of rotatable bonds is 4. The summed E-state index contributed by atoms with van der Waals surface area (Å²) < 4.78 is 26.5. The summed E-state index contributed by atoms with van der Waals surface area (Å²) in [5, 5.41) is 0. The minimum atomic E-state index is -0.203. The predicted octanol–water partition coefficient (Wildman–Crippen LogP) is 4.34. The Hall–Kier alpha value is -1.74. The average Bonchev–Trinajstić information content (AvgIpc) is 2.50. The van der Waals surface area contributed by atoms with Crippen molar-refractivity contribution in [1.29, 1.82) is 0 Å². The average molecular weight is 301 g/mol. The lowest BCUT2D eigenvalue weighted by molar-refractivity contribution is 0.170. The normalized spacial score (nSPS) is 18.2. The van der Waals surface area contributed by atoms with Crippen molar-refractivity contribution in [3.8, 4) is 0 Å². The first kappa shape index (κ1) is 15.2. The molecule has 116 valence electrons. The molecule has 2 aromatic carbocycles. The van der Waals surface area contributed by atoms with Gasteiger partial charge in [-0.1, -0.05) is 25.1 Å². The number of nitrogens with zero attached hydrogens (tertiary/aromatic N) is 1. The molecule has 1 unspecified atom stereocenters. The SMILES string of the molecule is CCCN1Cc2ccc(F)cc2CC1Cc1ccc(F)cc1. The lowest BCUT2D eigenvalue weighted by Crippen LogP contribution is -2.42. The number of benzene rings is 2. The Kier molecular flexibility index (Phi) is 4.53. The molecule has 0 N–H and O–H groups in total. The fraction of sp³-hybridized carbons (Fsp3) is 0.368. The van der Waals surface area contributed by atoms with Gasteiger partial charge >= 0.3 is 0 Å². The predicted molar refractivity (Wildman–Crippen MR) is 84.7 cm³/mol. The van der Waals surface area contributed by atoms with Crippen molar-refractivity contribution in [2.75, 3.05) is 6.54 Å². The highest BCUT2D eigenvalue weighted by molar-refractivity contribution is 5.31. The minimum Gasteiger partial charge on any atom is -0.295 e. The second-order valence-electron chi connectivity index (χ2n) is 6.07. The summed E-state index contributed by atoms with van der Waals surface area (Å²) in [6.45, 7) is 4.08. The molecule has 1 heterocycles. The summed E-state index contributed by atoms with van der Waals surface area (Å²) in [5.41, 5.74) is 3.47. The molecule has 22 heavy (non-hydrogen) atoms. The fourth-order valence-corrected chi connectivity index (χ4v) is 3.31. The monoisotopic (exact) mass is 301 g/mol. The molecule has 0 fully saturated rings. The van der Waals surface area contributed by atoms with Crippen LogP contribution in [0.1, 0.15) is 30.0 Å². The molecule has 0 bridgehead atoms. The summed E-state index contributed by atoms with van der Waals surface area (Å²) in [5.74, 6) is -0.367. The highest BCUT2D eigenvalue weighted by atomic mass is 19.1. The Morgan fingerprint density at radius 3 is 2.45 bits per heavy atom. The van der Waals surface area contributed by atoms with Crippen LogP contribution in [0.3, 0.4) is 0 Å². The second-order valence-corrected chi connectivity index (χ2v) is 6.07. The van der Waals surface area contributed by atoms with Crippen LogP contribution < -0.4 is 0 Å². The van der Waals surface area contributed by atoms with Gasteiger partial charge in [-0.25, -0.2) is 8.78 Å². The van der Waals surface area contributed by atoms with E-state index in [1.807, 2.05) is 18.2 Å². The highest BCUT2D eigenvalue weighted by Gasteiger charge is 2.25. The van der Waals surface area contributed by atoms with Crippen molar-refractivity contribution in [2.45, 2.75) is 38.8 Å². The molecule has 2 aromatic rings. The maximum Gasteiger partial charge on any atom is 0.123 e. The summed E-state index contributed by atoms with van der Waals surface area (Å²) in [7, 11) is 0. The Morgan fingerprint density at radius 2 is 1.73 bits per heavy atom. The molecule has 0 aromatic heterocycles. The van der Waals surface area contributed by atoms with Crippen molar-refractivity contribution >= 4 is 0 Å². The van der Waals surface area contributed by atoms with Gasteiger partial charge in [-0.05, 0) is 66.8 Å². The van der Waals surface area contributed by atoms with E-state index in [9.17, 15) is 8.78 Å². The van der Waals surface area contributed by atoms with Crippen molar-refractivity contribution in [3.63, 3.8) is 0 Å². The Balaban J connectivity index is 1.82. The minimum absolute atomic E-state index is 0.164. The van der Waals surface area contributed by atoms with Crippen molar-refractivity contribution in [1.82, 2.24) is 4.90 Å². The van der Waals surface area contributed by atoms with Gasteiger partial charge in [0.1, 0.15) is 11.6 Å². The number of halogens is 2. The maximum atomic E-state index is 13.5. The number of hydrogen-bond acceptors (Lipinski definition) is 1. The second kappa shape index (κ2) is 6.57. The van der Waals surface area contributed by atoms with E-state index in [1.54, 1.807) is 12.1 Å². The third-order valence-corrected chi connectivity index (χ3v) is 4.41. The summed E-state index contributed by atoms with van der Waals surface area (Å²) in [6, 6.07) is 12.2. The van der Waals surface area contributed by atoms with Gasteiger partial charge in [-0.15, -0.1) is 0 Å². The van der Waals surface area contributed by atoms with Crippen LogP contribution in [0.5, 0.6) is 0 Å². The molecule has 3 heteroatoms. The van der Waals surface area contributed by atoms with Crippen LogP contribution in [0.25, 0.3) is 0 Å². The van der Waals surface area contributed by atoms with E-state index in [-0.39, 0.29) is 11.6 Å². The van der Waals surface area contributed by atoms with Crippen molar-refractivity contribution < 1.29 is 8.78 Å². The topological polar surface area (TPSA) is 3.24 Å². The zero-order valence-corrected chi connectivity index (χ0v) is 12.9. The first-order valence-electron chi connectivity index (χ1n) is 7.91. The fourth-order valence-electron chi connectivity index (χ4n) is 3.31. The third-order valence-electron chi connectivity index (χ3n) is 4.41. The third kappa shape index (κ3) is 3.36. The lowest BCUT2D eigenvalue weighted by Gasteiger charge is -2.37. The van der Waals surface area contributed by atoms with E-state index in [2.05, 4.69) is 11.8 Å². The van der Waals surface area contributed by atoms with E-state index in [4.69, 9.17) is 0 Å². The molecule has 0 spiro atoms. The zero-order valence-electron chi connectivity index (χ0n) is 12.9. The van der Waals surface area contributed by atoms with Gasteiger partial charge in [0.15, 0.2) is 0 Å². The molecule has 1 aliphatic rings. The van der Waals surface area contributed by atoms with Gasteiger partial charge in [-0.3, -0.25) is 4.90 Å². The van der Waals surface area contributed by atoms with Crippen LogP contribution in [0.15, 0.2) is 42.5 Å². The van der Waals surface area contributed by atoms with Gasteiger partial charge in [0.2, 0.25) is 0 Å². The van der Waals surface area contributed by atoms with Crippen molar-refractivity contribution in [3.05, 3.63) is 70.8 Å². The van der Waals surface area contributed by atoms with Gasteiger partial charge in [-0.2, -0.15) is 0 Å². The molecule has 3 rings (SSSR count). The first-order valence-corrected chi connectivity index (χ1v) is 7.91. The maximum absolute atomic E-state index is 13.5. The van der Waals surface area contributed by atoms with Crippen LogP contribution in [0.2, 0.25) is 0 Å². The highest BCUT2D eigenvalue weighted by Crippen LogP contribution is 2.26. The van der Waals surface area contributed by atoms with Gasteiger partial charge in [0.25, 0.3) is 0 Å². The van der Waals surface area contributed by atoms with Crippen LogP contribution in [-0.2, 0) is 19.4 Å². The zero-order chi connectivity index (χ0) is 15.5. The molecule has 1 nitrogen and oxygen atoms in total. The van der Waals surface area contributed by atoms with E-state index < -0.39 is 0 Å². The number of hydrogen-bond donors (Lipinski definition) is 0.